The SMILES string of the molecule is CC(C)CCC(O)C1COC(C)C1. The molecule has 1 aliphatic rings. The topological polar surface area (TPSA) is 29.5 Å². The van der Waals surface area contributed by atoms with Crippen LogP contribution in [0.1, 0.15) is 40.0 Å². The summed E-state index contributed by atoms with van der Waals surface area (Å²) in [6.45, 7) is 7.22. The zero-order valence-corrected chi connectivity index (χ0v) is 8.99. The largest absolute Gasteiger partial charge is 0.393 e. The van der Waals surface area contributed by atoms with Crippen molar-refractivity contribution in [2.24, 2.45) is 11.8 Å². The minimum Gasteiger partial charge on any atom is -0.393 e. The molecule has 1 heterocycles. The van der Waals surface area contributed by atoms with Gasteiger partial charge >= 0.3 is 0 Å². The second-order valence-electron chi connectivity index (χ2n) is 4.68. The van der Waals surface area contributed by atoms with E-state index in [0.29, 0.717) is 17.9 Å². The first kappa shape index (κ1) is 11.0. The summed E-state index contributed by atoms with van der Waals surface area (Å²) in [7, 11) is 0. The van der Waals surface area contributed by atoms with Crippen molar-refractivity contribution in [2.75, 3.05) is 6.61 Å². The van der Waals surface area contributed by atoms with Gasteiger partial charge in [0.05, 0.1) is 18.8 Å². The lowest BCUT2D eigenvalue weighted by molar-refractivity contribution is 0.0722. The zero-order chi connectivity index (χ0) is 9.84. The van der Waals surface area contributed by atoms with Crippen LogP contribution in [0.15, 0.2) is 0 Å². The average molecular weight is 186 g/mol. The Morgan fingerprint density at radius 1 is 1.38 bits per heavy atom. The zero-order valence-electron chi connectivity index (χ0n) is 8.99. The van der Waals surface area contributed by atoms with Gasteiger partial charge in [-0.3, -0.25) is 0 Å². The van der Waals surface area contributed by atoms with Crippen LogP contribution >= 0.6 is 0 Å². The lowest BCUT2D eigenvalue weighted by atomic mass is 9.93. The molecule has 0 bridgehead atoms. The van der Waals surface area contributed by atoms with Gasteiger partial charge in [-0.2, -0.15) is 0 Å². The Morgan fingerprint density at radius 2 is 2.08 bits per heavy atom. The molecule has 3 atom stereocenters. The van der Waals surface area contributed by atoms with E-state index in [1.165, 1.54) is 0 Å². The summed E-state index contributed by atoms with van der Waals surface area (Å²) >= 11 is 0. The summed E-state index contributed by atoms with van der Waals surface area (Å²) in [6, 6.07) is 0. The van der Waals surface area contributed by atoms with Gasteiger partial charge in [-0.25, -0.2) is 0 Å². The molecule has 0 aliphatic carbocycles. The average Bonchev–Trinajstić information content (AvgIpc) is 2.47. The van der Waals surface area contributed by atoms with E-state index in [-0.39, 0.29) is 6.10 Å². The predicted molar refractivity (Wildman–Crippen MR) is 53.6 cm³/mol. The van der Waals surface area contributed by atoms with Crippen LogP contribution in [-0.2, 0) is 4.74 Å². The van der Waals surface area contributed by atoms with E-state index >= 15 is 0 Å². The first-order chi connectivity index (χ1) is 6.09. The van der Waals surface area contributed by atoms with Gasteiger partial charge in [-0.1, -0.05) is 13.8 Å². The second-order valence-corrected chi connectivity index (χ2v) is 4.68. The Kier molecular flexibility index (Phi) is 4.20. The Morgan fingerprint density at radius 3 is 2.54 bits per heavy atom. The fraction of sp³-hybridized carbons (Fsp3) is 1.00. The van der Waals surface area contributed by atoms with E-state index in [1.807, 2.05) is 0 Å². The number of rotatable bonds is 4. The molecule has 1 N–H and O–H groups in total. The summed E-state index contributed by atoms with van der Waals surface area (Å²) < 4.78 is 5.43. The van der Waals surface area contributed by atoms with Crippen LogP contribution in [0, 0.1) is 11.8 Å². The van der Waals surface area contributed by atoms with Crippen LogP contribution in [0.2, 0.25) is 0 Å². The van der Waals surface area contributed by atoms with Crippen molar-refractivity contribution in [1.29, 1.82) is 0 Å². The molecule has 0 radical (unpaired) electrons. The normalized spacial score (nSPS) is 31.2. The number of aliphatic hydroxyl groups is 1. The summed E-state index contributed by atoms with van der Waals surface area (Å²) in [5.41, 5.74) is 0. The predicted octanol–water partition coefficient (Wildman–Crippen LogP) is 2.21. The van der Waals surface area contributed by atoms with Gasteiger partial charge in [0, 0.05) is 5.92 Å². The molecule has 1 rings (SSSR count). The van der Waals surface area contributed by atoms with Crippen LogP contribution in [0.4, 0.5) is 0 Å². The van der Waals surface area contributed by atoms with Crippen molar-refractivity contribution in [1.82, 2.24) is 0 Å². The minimum atomic E-state index is -0.146. The maximum Gasteiger partial charge on any atom is 0.0591 e. The monoisotopic (exact) mass is 186 g/mol. The van der Waals surface area contributed by atoms with Crippen LogP contribution in [-0.4, -0.2) is 23.9 Å². The van der Waals surface area contributed by atoms with E-state index in [0.717, 1.165) is 25.9 Å². The third kappa shape index (κ3) is 3.65. The first-order valence-electron chi connectivity index (χ1n) is 5.39. The molecule has 13 heavy (non-hydrogen) atoms. The molecule has 0 aromatic carbocycles. The van der Waals surface area contributed by atoms with Crippen LogP contribution in [0.5, 0.6) is 0 Å². The molecular formula is C11H22O2. The fourth-order valence-electron chi connectivity index (χ4n) is 1.86. The van der Waals surface area contributed by atoms with Crippen molar-refractivity contribution in [2.45, 2.75) is 52.2 Å². The third-order valence-corrected chi connectivity index (χ3v) is 2.81. The van der Waals surface area contributed by atoms with E-state index in [9.17, 15) is 5.11 Å². The molecular weight excluding hydrogens is 164 g/mol. The smallest absolute Gasteiger partial charge is 0.0591 e. The molecule has 0 spiro atoms. The van der Waals surface area contributed by atoms with Crippen LogP contribution in [0.3, 0.4) is 0 Å². The van der Waals surface area contributed by atoms with Crippen molar-refractivity contribution < 1.29 is 9.84 Å². The molecule has 78 valence electrons. The Labute approximate surface area is 81.3 Å². The molecule has 0 saturated carbocycles. The van der Waals surface area contributed by atoms with E-state index in [1.54, 1.807) is 0 Å². The molecule has 2 heteroatoms. The molecule has 0 amide bonds. The van der Waals surface area contributed by atoms with Crippen LogP contribution in [0.25, 0.3) is 0 Å². The van der Waals surface area contributed by atoms with E-state index < -0.39 is 0 Å². The molecule has 1 fully saturated rings. The highest BCUT2D eigenvalue weighted by Crippen LogP contribution is 2.25. The summed E-state index contributed by atoms with van der Waals surface area (Å²) in [4.78, 5) is 0. The van der Waals surface area contributed by atoms with Gasteiger partial charge in [0.2, 0.25) is 0 Å². The number of hydrogen-bond acceptors (Lipinski definition) is 2. The lowest BCUT2D eigenvalue weighted by Gasteiger charge is -2.17. The van der Waals surface area contributed by atoms with Crippen LogP contribution < -0.4 is 0 Å². The maximum atomic E-state index is 9.84. The van der Waals surface area contributed by atoms with Crippen molar-refractivity contribution in [3.05, 3.63) is 0 Å². The second kappa shape index (κ2) is 4.97. The summed E-state index contributed by atoms with van der Waals surface area (Å²) in [5, 5.41) is 9.84. The molecule has 1 aliphatic heterocycles. The third-order valence-electron chi connectivity index (χ3n) is 2.81. The van der Waals surface area contributed by atoms with E-state index in [2.05, 4.69) is 20.8 Å². The molecule has 0 aromatic heterocycles. The quantitative estimate of drug-likeness (QED) is 0.729. The fourth-order valence-corrected chi connectivity index (χ4v) is 1.86. The maximum absolute atomic E-state index is 9.84. The molecule has 3 unspecified atom stereocenters. The van der Waals surface area contributed by atoms with Gasteiger partial charge in [0.1, 0.15) is 0 Å². The summed E-state index contributed by atoms with van der Waals surface area (Å²) in [6.07, 6.45) is 3.27. The van der Waals surface area contributed by atoms with Crippen molar-refractivity contribution in [3.8, 4) is 0 Å². The highest BCUT2D eigenvalue weighted by atomic mass is 16.5. The number of ether oxygens (including phenoxy) is 1. The molecule has 2 nitrogen and oxygen atoms in total. The highest BCUT2D eigenvalue weighted by Gasteiger charge is 2.27. The summed E-state index contributed by atoms with van der Waals surface area (Å²) in [5.74, 6) is 1.07. The van der Waals surface area contributed by atoms with Crippen molar-refractivity contribution >= 4 is 0 Å². The van der Waals surface area contributed by atoms with Gasteiger partial charge in [-0.15, -0.1) is 0 Å². The Balaban J connectivity index is 2.19. The van der Waals surface area contributed by atoms with Gasteiger partial charge in [0.25, 0.3) is 0 Å². The standard InChI is InChI=1S/C11H22O2/c1-8(2)4-5-11(12)10-6-9(3)13-7-10/h8-12H,4-7H2,1-3H3. The highest BCUT2D eigenvalue weighted by molar-refractivity contribution is 4.76. The Bertz CT molecular complexity index is 145. The van der Waals surface area contributed by atoms with Crippen molar-refractivity contribution in [3.63, 3.8) is 0 Å². The Hall–Kier alpha value is -0.0800. The lowest BCUT2D eigenvalue weighted by Crippen LogP contribution is -2.21. The number of hydrogen-bond donors (Lipinski definition) is 1. The molecule has 1 saturated heterocycles. The first-order valence-corrected chi connectivity index (χ1v) is 5.39. The molecule has 0 aromatic rings. The van der Waals surface area contributed by atoms with Gasteiger partial charge in [-0.05, 0) is 32.1 Å². The van der Waals surface area contributed by atoms with Gasteiger partial charge in [0.15, 0.2) is 0 Å². The van der Waals surface area contributed by atoms with Gasteiger partial charge < -0.3 is 9.84 Å². The number of aliphatic hydroxyl groups excluding tert-OH is 1. The minimum absolute atomic E-state index is 0.146. The van der Waals surface area contributed by atoms with E-state index in [4.69, 9.17) is 4.74 Å².